The Hall–Kier alpha value is -2.90. The average Bonchev–Trinajstić information content (AvgIpc) is 2.90. The molecular weight excluding hydrogens is 272 g/mol. The summed E-state index contributed by atoms with van der Waals surface area (Å²) >= 11 is 0. The first-order valence-electron chi connectivity index (χ1n) is 6.29. The Morgan fingerprint density at radius 2 is 1.90 bits per heavy atom. The Labute approximate surface area is 121 Å². The van der Waals surface area contributed by atoms with Gasteiger partial charge in [-0.25, -0.2) is 9.98 Å². The lowest BCUT2D eigenvalue weighted by Crippen LogP contribution is -2.42. The van der Waals surface area contributed by atoms with Gasteiger partial charge in [0.05, 0.1) is 19.8 Å². The number of aliphatic imine (C=N–C) groups is 2. The number of guanidine groups is 1. The average molecular weight is 288 g/mol. The molecule has 8 nitrogen and oxygen atoms in total. The molecule has 0 saturated carbocycles. The molecule has 110 valence electrons. The molecular formula is C13H16N6O2. The third-order valence-electron chi connectivity index (χ3n) is 3.24. The van der Waals surface area contributed by atoms with Gasteiger partial charge in [-0.1, -0.05) is 0 Å². The first-order valence-corrected chi connectivity index (χ1v) is 6.29. The van der Waals surface area contributed by atoms with Crippen LogP contribution in [0.3, 0.4) is 0 Å². The summed E-state index contributed by atoms with van der Waals surface area (Å²) in [7, 11) is 3.19. The van der Waals surface area contributed by atoms with E-state index in [4.69, 9.17) is 20.9 Å². The number of amidine groups is 1. The summed E-state index contributed by atoms with van der Waals surface area (Å²) in [5, 5.41) is 5.92. The summed E-state index contributed by atoms with van der Waals surface area (Å²) in [5.74, 6) is 2.63. The normalized spacial score (nSPS) is 20.0. The van der Waals surface area contributed by atoms with E-state index in [0.717, 1.165) is 5.56 Å². The zero-order valence-corrected chi connectivity index (χ0v) is 11.7. The molecule has 0 aliphatic carbocycles. The Balaban J connectivity index is 1.99. The third kappa shape index (κ3) is 2.20. The minimum atomic E-state index is -0.451. The molecule has 6 N–H and O–H groups in total. The number of hydrogen-bond donors (Lipinski definition) is 4. The number of methoxy groups -OCH3 is 2. The highest BCUT2D eigenvalue weighted by atomic mass is 16.5. The zero-order valence-electron chi connectivity index (χ0n) is 11.7. The van der Waals surface area contributed by atoms with Crippen molar-refractivity contribution >= 4 is 11.8 Å². The maximum Gasteiger partial charge on any atom is 0.196 e. The van der Waals surface area contributed by atoms with E-state index in [2.05, 4.69) is 20.6 Å². The van der Waals surface area contributed by atoms with Crippen LogP contribution in [0.2, 0.25) is 0 Å². The highest BCUT2D eigenvalue weighted by Crippen LogP contribution is 2.28. The van der Waals surface area contributed by atoms with E-state index in [9.17, 15) is 0 Å². The van der Waals surface area contributed by atoms with E-state index in [1.165, 1.54) is 0 Å². The predicted molar refractivity (Wildman–Crippen MR) is 79.0 cm³/mol. The topological polar surface area (TPSA) is 119 Å². The number of nitrogens with one attached hydrogen (secondary N) is 2. The van der Waals surface area contributed by atoms with Crippen molar-refractivity contribution in [3.05, 3.63) is 35.3 Å². The zero-order chi connectivity index (χ0) is 15.0. The van der Waals surface area contributed by atoms with Crippen LogP contribution in [0.1, 0.15) is 5.56 Å². The molecule has 2 aliphatic heterocycles. The number of rotatable bonds is 3. The molecule has 0 saturated heterocycles. The van der Waals surface area contributed by atoms with Gasteiger partial charge in [0.25, 0.3) is 0 Å². The Bertz CT molecular complexity index is 679. The van der Waals surface area contributed by atoms with Crippen molar-refractivity contribution in [2.45, 2.75) is 6.17 Å². The maximum absolute atomic E-state index is 5.89. The first-order chi connectivity index (χ1) is 10.1. The second-order valence-electron chi connectivity index (χ2n) is 4.51. The van der Waals surface area contributed by atoms with Crippen molar-refractivity contribution < 1.29 is 9.47 Å². The van der Waals surface area contributed by atoms with Crippen LogP contribution >= 0.6 is 0 Å². The number of nitrogens with two attached hydrogens (primary N) is 2. The summed E-state index contributed by atoms with van der Waals surface area (Å²) in [4.78, 5) is 8.67. The van der Waals surface area contributed by atoms with Crippen LogP contribution in [-0.2, 0) is 0 Å². The number of benzene rings is 1. The number of ether oxygens (including phenoxy) is 2. The molecule has 0 fully saturated rings. The molecule has 21 heavy (non-hydrogen) atoms. The molecule has 1 atom stereocenters. The van der Waals surface area contributed by atoms with Gasteiger partial charge in [-0.2, -0.15) is 0 Å². The molecule has 3 rings (SSSR count). The van der Waals surface area contributed by atoms with Crippen molar-refractivity contribution in [3.8, 4) is 11.5 Å². The van der Waals surface area contributed by atoms with Crippen LogP contribution in [0.25, 0.3) is 0 Å². The van der Waals surface area contributed by atoms with Gasteiger partial charge in [0.1, 0.15) is 28.9 Å². The summed E-state index contributed by atoms with van der Waals surface area (Å²) in [6.07, 6.45) is -0.451. The van der Waals surface area contributed by atoms with Crippen LogP contribution in [0.4, 0.5) is 0 Å². The number of nitrogens with zero attached hydrogens (tertiary/aromatic N) is 2. The lowest BCUT2D eigenvalue weighted by atomic mass is 10.1. The first kappa shape index (κ1) is 13.1. The fraction of sp³-hybridized carbons (Fsp3) is 0.231. The standard InChI is InChI=1S/C13H16N6O2/c1-20-6-3-4-7(8(5-6)21-2)11-16-9-10(14)17-13(15)19-12(9)18-11/h3-5,12H,14H2,1-2H3,(H,16,18)(H3,15,17,19). The molecule has 1 aromatic carbocycles. The minimum absolute atomic E-state index is 0.245. The van der Waals surface area contributed by atoms with Gasteiger partial charge in [0, 0.05) is 6.07 Å². The van der Waals surface area contributed by atoms with Gasteiger partial charge < -0.3 is 31.6 Å². The van der Waals surface area contributed by atoms with E-state index in [0.29, 0.717) is 28.9 Å². The van der Waals surface area contributed by atoms with Crippen molar-refractivity contribution in [1.29, 1.82) is 0 Å². The molecule has 1 unspecified atom stereocenters. The quantitative estimate of drug-likeness (QED) is 0.591. The van der Waals surface area contributed by atoms with Crippen LogP contribution in [0.15, 0.2) is 39.7 Å². The van der Waals surface area contributed by atoms with E-state index >= 15 is 0 Å². The monoisotopic (exact) mass is 288 g/mol. The van der Waals surface area contributed by atoms with Crippen molar-refractivity contribution in [2.24, 2.45) is 21.5 Å². The SMILES string of the molecule is COc1ccc(C2=NC3N=C(N)NC(N)=C3N2)c(OC)c1. The van der Waals surface area contributed by atoms with E-state index < -0.39 is 6.17 Å². The molecule has 1 aromatic rings. The summed E-state index contributed by atoms with van der Waals surface area (Å²) in [5.41, 5.74) is 13.0. The Morgan fingerprint density at radius 1 is 1.10 bits per heavy atom. The van der Waals surface area contributed by atoms with Gasteiger partial charge in [-0.05, 0) is 12.1 Å². The third-order valence-corrected chi connectivity index (χ3v) is 3.24. The molecule has 0 amide bonds. The largest absolute Gasteiger partial charge is 0.497 e. The van der Waals surface area contributed by atoms with Crippen molar-refractivity contribution in [2.75, 3.05) is 14.2 Å². The van der Waals surface area contributed by atoms with Gasteiger partial charge >= 0.3 is 0 Å². The lowest BCUT2D eigenvalue weighted by molar-refractivity contribution is 0.393. The van der Waals surface area contributed by atoms with Crippen LogP contribution < -0.4 is 31.6 Å². The summed E-state index contributed by atoms with van der Waals surface area (Å²) < 4.78 is 10.6. The molecule has 2 heterocycles. The molecule has 2 aliphatic rings. The molecule has 0 radical (unpaired) electrons. The smallest absolute Gasteiger partial charge is 0.196 e. The van der Waals surface area contributed by atoms with Crippen molar-refractivity contribution in [1.82, 2.24) is 10.6 Å². The van der Waals surface area contributed by atoms with Crippen molar-refractivity contribution in [3.63, 3.8) is 0 Å². The van der Waals surface area contributed by atoms with Gasteiger partial charge in [-0.3, -0.25) is 0 Å². The number of hydrogen-bond acceptors (Lipinski definition) is 8. The highest BCUT2D eigenvalue weighted by Gasteiger charge is 2.30. The lowest BCUT2D eigenvalue weighted by Gasteiger charge is -2.17. The summed E-state index contributed by atoms with van der Waals surface area (Å²) in [6, 6.07) is 5.48. The van der Waals surface area contributed by atoms with E-state index in [1.54, 1.807) is 20.3 Å². The molecule has 0 spiro atoms. The van der Waals surface area contributed by atoms with E-state index in [-0.39, 0.29) is 5.96 Å². The fourth-order valence-corrected chi connectivity index (χ4v) is 2.21. The fourth-order valence-electron chi connectivity index (χ4n) is 2.21. The molecule has 8 heteroatoms. The molecule has 0 aromatic heterocycles. The van der Waals surface area contributed by atoms with Crippen LogP contribution in [-0.4, -0.2) is 32.2 Å². The number of fused-ring (bicyclic) bond motifs is 1. The van der Waals surface area contributed by atoms with Crippen LogP contribution in [0.5, 0.6) is 11.5 Å². The minimum Gasteiger partial charge on any atom is -0.497 e. The maximum atomic E-state index is 5.89. The molecule has 0 bridgehead atoms. The van der Waals surface area contributed by atoms with Gasteiger partial charge in [-0.15, -0.1) is 0 Å². The second kappa shape index (κ2) is 4.89. The summed E-state index contributed by atoms with van der Waals surface area (Å²) in [6.45, 7) is 0. The Kier molecular flexibility index (Phi) is 3.05. The Morgan fingerprint density at radius 3 is 2.62 bits per heavy atom. The van der Waals surface area contributed by atoms with Gasteiger partial charge in [0.15, 0.2) is 12.1 Å². The second-order valence-corrected chi connectivity index (χ2v) is 4.51. The van der Waals surface area contributed by atoms with Crippen LogP contribution in [0, 0.1) is 0 Å². The van der Waals surface area contributed by atoms with Gasteiger partial charge in [0.2, 0.25) is 0 Å². The highest BCUT2D eigenvalue weighted by molar-refractivity contribution is 6.04. The predicted octanol–water partition coefficient (Wildman–Crippen LogP) is -0.575. The van der Waals surface area contributed by atoms with E-state index in [1.807, 2.05) is 12.1 Å².